The number of methoxy groups -OCH3 is 3. The van der Waals surface area contributed by atoms with Crippen LogP contribution >= 0.6 is 11.3 Å². The Labute approximate surface area is 246 Å². The minimum absolute atomic E-state index is 0.134. The largest absolute Gasteiger partial charge is 0.502 e. The number of carbonyl (C=O) groups excluding carboxylic acids is 1. The zero-order valence-electron chi connectivity index (χ0n) is 24.1. The van der Waals surface area contributed by atoms with E-state index in [0.717, 1.165) is 17.2 Å². The number of nitrogens with zero attached hydrogens (tertiary/aromatic N) is 2. The predicted molar refractivity (Wildman–Crippen MR) is 161 cm³/mol. The fourth-order valence-corrected chi connectivity index (χ4v) is 6.30. The summed E-state index contributed by atoms with van der Waals surface area (Å²) in [6, 6.07) is 14.0. The van der Waals surface area contributed by atoms with E-state index in [1.165, 1.54) is 25.6 Å². The third kappa shape index (κ3) is 5.02. The van der Waals surface area contributed by atoms with Gasteiger partial charge < -0.3 is 24.1 Å². The molecule has 1 N–H and O–H groups in total. The van der Waals surface area contributed by atoms with Crippen LogP contribution in [0.1, 0.15) is 43.9 Å². The Hall–Kier alpha value is -4.57. The first-order valence-electron chi connectivity index (χ1n) is 13.6. The average molecular weight is 589 g/mol. The molecular weight excluding hydrogens is 556 g/mol. The predicted octanol–water partition coefficient (Wildman–Crippen LogP) is 4.46. The summed E-state index contributed by atoms with van der Waals surface area (Å²) in [7, 11) is 4.45. The first-order valence-corrected chi connectivity index (χ1v) is 14.4. The summed E-state index contributed by atoms with van der Waals surface area (Å²) < 4.78 is 23.9. The Bertz CT molecular complexity index is 1860. The zero-order valence-corrected chi connectivity index (χ0v) is 24.9. The van der Waals surface area contributed by atoms with Gasteiger partial charge in [-0.2, -0.15) is 0 Å². The van der Waals surface area contributed by atoms with E-state index in [2.05, 4.69) is 0 Å². The number of fused-ring (bicyclic) bond motifs is 2. The van der Waals surface area contributed by atoms with Crippen LogP contribution in [0, 0.1) is 0 Å². The van der Waals surface area contributed by atoms with E-state index in [-0.39, 0.29) is 29.4 Å². The van der Waals surface area contributed by atoms with Gasteiger partial charge in [0.25, 0.3) is 5.56 Å². The van der Waals surface area contributed by atoms with E-state index >= 15 is 0 Å². The summed E-state index contributed by atoms with van der Waals surface area (Å²) in [5, 5.41) is 12.2. The quantitative estimate of drug-likeness (QED) is 0.288. The lowest BCUT2D eigenvalue weighted by Crippen LogP contribution is -2.40. The van der Waals surface area contributed by atoms with Crippen molar-refractivity contribution in [1.82, 2.24) is 4.57 Å². The SMILES string of the molecule is CCCC1=C(C(=O)OCC)[C@@H](c2c(OC)ccc3ccccc23)n2c(sc(=Cc3cc(OC)c(O)c(OC)c3)c2=O)=N1. The molecule has 5 rings (SSSR count). The molecule has 0 saturated carbocycles. The third-order valence-corrected chi connectivity index (χ3v) is 8.10. The summed E-state index contributed by atoms with van der Waals surface area (Å²) in [5.41, 5.74) is 1.84. The topological polar surface area (TPSA) is 109 Å². The Kier molecular flexibility index (Phi) is 8.35. The lowest BCUT2D eigenvalue weighted by atomic mass is 9.90. The maximum Gasteiger partial charge on any atom is 0.338 e. The van der Waals surface area contributed by atoms with Crippen molar-refractivity contribution in [3.63, 3.8) is 0 Å². The number of rotatable bonds is 9. The molecule has 218 valence electrons. The Balaban J connectivity index is 1.86. The Morgan fingerprint density at radius 3 is 2.36 bits per heavy atom. The second-order valence-corrected chi connectivity index (χ2v) is 10.6. The van der Waals surface area contributed by atoms with Gasteiger partial charge >= 0.3 is 5.97 Å². The van der Waals surface area contributed by atoms with E-state index in [1.807, 2.05) is 43.3 Å². The maximum atomic E-state index is 14.3. The number of aromatic hydroxyl groups is 1. The summed E-state index contributed by atoms with van der Waals surface area (Å²) in [6.07, 6.45) is 2.96. The molecule has 3 aromatic carbocycles. The number of allylic oxidation sites excluding steroid dienone is 1. The van der Waals surface area contributed by atoms with Gasteiger partial charge in [0.15, 0.2) is 16.3 Å². The first kappa shape index (κ1) is 28.9. The number of phenolic OH excluding ortho intramolecular Hbond substituents is 1. The van der Waals surface area contributed by atoms with E-state index in [9.17, 15) is 14.7 Å². The smallest absolute Gasteiger partial charge is 0.338 e. The van der Waals surface area contributed by atoms with Gasteiger partial charge in [-0.1, -0.05) is 55.0 Å². The molecule has 42 heavy (non-hydrogen) atoms. The fraction of sp³-hybridized carbons (Fsp3) is 0.281. The van der Waals surface area contributed by atoms with Crippen molar-refractivity contribution >= 4 is 34.2 Å². The molecule has 4 aromatic rings. The van der Waals surface area contributed by atoms with Gasteiger partial charge in [-0.25, -0.2) is 9.79 Å². The lowest BCUT2D eigenvalue weighted by Gasteiger charge is -2.28. The summed E-state index contributed by atoms with van der Waals surface area (Å²) in [4.78, 5) is 33.2. The number of esters is 1. The highest BCUT2D eigenvalue weighted by atomic mass is 32.1. The Morgan fingerprint density at radius 2 is 1.71 bits per heavy atom. The van der Waals surface area contributed by atoms with E-state index in [0.29, 0.717) is 43.9 Å². The van der Waals surface area contributed by atoms with Gasteiger partial charge in [0.1, 0.15) is 11.8 Å². The molecule has 0 amide bonds. The molecule has 0 saturated heterocycles. The monoisotopic (exact) mass is 588 g/mol. The van der Waals surface area contributed by atoms with Crippen molar-refractivity contribution in [3.8, 4) is 23.0 Å². The van der Waals surface area contributed by atoms with Crippen LogP contribution in [0.4, 0.5) is 0 Å². The molecule has 1 atom stereocenters. The Morgan fingerprint density at radius 1 is 1.02 bits per heavy atom. The molecule has 1 aliphatic rings. The normalized spacial score (nSPS) is 14.9. The number of aromatic nitrogens is 1. The molecule has 10 heteroatoms. The van der Waals surface area contributed by atoms with E-state index in [1.54, 1.807) is 36.8 Å². The first-order chi connectivity index (χ1) is 20.4. The molecular formula is C32H32N2O7S. The van der Waals surface area contributed by atoms with Gasteiger partial charge in [0.2, 0.25) is 5.75 Å². The molecule has 9 nitrogen and oxygen atoms in total. The van der Waals surface area contributed by atoms with E-state index in [4.69, 9.17) is 23.9 Å². The summed E-state index contributed by atoms with van der Waals surface area (Å²) >= 11 is 1.22. The van der Waals surface area contributed by atoms with Gasteiger partial charge in [-0.3, -0.25) is 9.36 Å². The number of benzene rings is 3. The van der Waals surface area contributed by atoms with Crippen LogP contribution in [0.5, 0.6) is 23.0 Å². The molecule has 1 aliphatic heterocycles. The van der Waals surface area contributed by atoms with Gasteiger partial charge in [0.05, 0.1) is 43.7 Å². The highest BCUT2D eigenvalue weighted by Gasteiger charge is 2.37. The van der Waals surface area contributed by atoms with Crippen molar-refractivity contribution < 1.29 is 28.8 Å². The van der Waals surface area contributed by atoms with Crippen LogP contribution < -0.4 is 29.1 Å². The number of phenols is 1. The van der Waals surface area contributed by atoms with Crippen molar-refractivity contribution in [2.75, 3.05) is 27.9 Å². The minimum atomic E-state index is -0.839. The second kappa shape index (κ2) is 12.1. The lowest BCUT2D eigenvalue weighted by molar-refractivity contribution is -0.139. The van der Waals surface area contributed by atoms with Crippen molar-refractivity contribution in [2.24, 2.45) is 4.99 Å². The van der Waals surface area contributed by atoms with E-state index < -0.39 is 12.0 Å². The van der Waals surface area contributed by atoms with Crippen LogP contribution in [0.2, 0.25) is 0 Å². The van der Waals surface area contributed by atoms with Gasteiger partial charge in [-0.15, -0.1) is 0 Å². The van der Waals surface area contributed by atoms with Crippen LogP contribution in [-0.4, -0.2) is 43.6 Å². The third-order valence-electron chi connectivity index (χ3n) is 7.12. The van der Waals surface area contributed by atoms with Gasteiger partial charge in [-0.05, 0) is 54.0 Å². The van der Waals surface area contributed by atoms with Crippen molar-refractivity contribution in [2.45, 2.75) is 32.7 Å². The summed E-state index contributed by atoms with van der Waals surface area (Å²) in [6.45, 7) is 3.94. The number of thiazole rings is 1. The van der Waals surface area contributed by atoms with Crippen molar-refractivity contribution in [3.05, 3.63) is 90.6 Å². The molecule has 0 radical (unpaired) electrons. The highest BCUT2D eigenvalue weighted by molar-refractivity contribution is 7.07. The average Bonchev–Trinajstić information content (AvgIpc) is 3.30. The second-order valence-electron chi connectivity index (χ2n) is 9.59. The minimum Gasteiger partial charge on any atom is -0.502 e. The molecule has 1 aromatic heterocycles. The van der Waals surface area contributed by atoms with Gasteiger partial charge in [0, 0.05) is 5.56 Å². The van der Waals surface area contributed by atoms with Crippen LogP contribution in [-0.2, 0) is 9.53 Å². The molecule has 0 aliphatic carbocycles. The molecule has 0 spiro atoms. The van der Waals surface area contributed by atoms with Crippen molar-refractivity contribution in [1.29, 1.82) is 0 Å². The molecule has 2 heterocycles. The number of hydrogen-bond donors (Lipinski definition) is 1. The molecule has 0 unspecified atom stereocenters. The highest BCUT2D eigenvalue weighted by Crippen LogP contribution is 2.41. The number of hydrogen-bond acceptors (Lipinski definition) is 9. The van der Waals surface area contributed by atoms with Crippen LogP contribution in [0.3, 0.4) is 0 Å². The molecule has 0 fully saturated rings. The van der Waals surface area contributed by atoms with Crippen LogP contribution in [0.25, 0.3) is 16.8 Å². The number of ether oxygens (including phenoxy) is 4. The van der Waals surface area contributed by atoms with Crippen LogP contribution in [0.15, 0.2) is 69.6 Å². The molecule has 0 bridgehead atoms. The maximum absolute atomic E-state index is 14.3. The standard InChI is InChI=1S/C32H32N2O7S/c1-6-10-21-27(31(37)41-7-2)28(26-20-12-9-8-11-19(20)13-14-22(26)38-3)34-30(36)25(42-32(34)33-21)17-18-15-23(39-4)29(35)24(16-18)40-5/h8-9,11-17,28,35H,6-7,10H2,1-5H3/t28-/m1/s1. The number of carbonyl (C=O) groups is 1. The fourth-order valence-electron chi connectivity index (χ4n) is 5.28. The summed E-state index contributed by atoms with van der Waals surface area (Å²) in [5.74, 6) is 0.306. The zero-order chi connectivity index (χ0) is 30.0.